The highest BCUT2D eigenvalue weighted by Gasteiger charge is 1.98. The van der Waals surface area contributed by atoms with Crippen molar-refractivity contribution in [3.63, 3.8) is 0 Å². The van der Waals surface area contributed by atoms with Crippen LogP contribution in [-0.2, 0) is 0 Å². The predicted molar refractivity (Wildman–Crippen MR) is 41.4 cm³/mol. The molecule has 0 unspecified atom stereocenters. The van der Waals surface area contributed by atoms with Gasteiger partial charge in [-0.25, -0.2) is 0 Å². The smallest absolute Gasteiger partial charge is 0.0102 e. The average molecular weight is 130 g/mol. The summed E-state index contributed by atoms with van der Waals surface area (Å²) < 4.78 is 0. The van der Waals surface area contributed by atoms with Gasteiger partial charge in [-0.1, -0.05) is 13.8 Å². The number of rotatable bonds is 4. The maximum atomic E-state index is 5.36. The van der Waals surface area contributed by atoms with Gasteiger partial charge in [0.15, 0.2) is 0 Å². The lowest BCUT2D eigenvalue weighted by atomic mass is 10.2. The molecule has 0 rings (SSSR count). The van der Waals surface area contributed by atoms with E-state index in [1.807, 2.05) is 0 Å². The minimum Gasteiger partial charge on any atom is -0.329 e. The van der Waals surface area contributed by atoms with Crippen LogP contribution in [0.3, 0.4) is 0 Å². The summed E-state index contributed by atoms with van der Waals surface area (Å²) in [5.74, 6) is 0.751. The summed E-state index contributed by atoms with van der Waals surface area (Å²) in [6, 6.07) is 0. The maximum absolute atomic E-state index is 5.36. The van der Waals surface area contributed by atoms with Gasteiger partial charge in [-0.05, 0) is 13.0 Å². The highest BCUT2D eigenvalue weighted by Crippen LogP contribution is 1.93. The summed E-state index contributed by atoms with van der Waals surface area (Å²) in [6.45, 7) is 7.36. The molecule has 2 heteroatoms. The normalized spacial score (nSPS) is 11.3. The number of nitrogens with zero attached hydrogens (tertiary/aromatic N) is 1. The second kappa shape index (κ2) is 4.77. The van der Waals surface area contributed by atoms with Crippen molar-refractivity contribution in [1.82, 2.24) is 4.90 Å². The Labute approximate surface area is 58.0 Å². The van der Waals surface area contributed by atoms with E-state index in [1.54, 1.807) is 0 Å². The van der Waals surface area contributed by atoms with E-state index in [9.17, 15) is 0 Å². The van der Waals surface area contributed by atoms with Crippen LogP contribution in [0.25, 0.3) is 0 Å². The molecule has 0 aliphatic rings. The first-order chi connectivity index (χ1) is 4.16. The molecule has 2 N–H and O–H groups in total. The summed E-state index contributed by atoms with van der Waals surface area (Å²) in [5, 5.41) is 0. The highest BCUT2D eigenvalue weighted by atomic mass is 15.1. The molecule has 0 spiro atoms. The zero-order valence-corrected chi connectivity index (χ0v) is 6.72. The Bertz CT molecular complexity index is 61.9. The molecular weight excluding hydrogens is 112 g/mol. The fourth-order valence-electron chi connectivity index (χ4n) is 0.935. The molecule has 0 amide bonds. The third-order valence-electron chi connectivity index (χ3n) is 1.19. The third kappa shape index (κ3) is 5.80. The van der Waals surface area contributed by atoms with E-state index >= 15 is 0 Å². The molecule has 0 bridgehead atoms. The quantitative estimate of drug-likeness (QED) is 0.601. The molecule has 2 nitrogen and oxygen atoms in total. The van der Waals surface area contributed by atoms with Gasteiger partial charge in [-0.15, -0.1) is 0 Å². The molecule has 0 aromatic rings. The van der Waals surface area contributed by atoms with E-state index in [1.165, 1.54) is 0 Å². The van der Waals surface area contributed by atoms with Gasteiger partial charge in [0.2, 0.25) is 0 Å². The van der Waals surface area contributed by atoms with E-state index in [-0.39, 0.29) is 0 Å². The van der Waals surface area contributed by atoms with Gasteiger partial charge in [0.1, 0.15) is 0 Å². The molecule has 56 valence electrons. The molecule has 9 heavy (non-hydrogen) atoms. The minimum absolute atomic E-state index is 0.751. The summed E-state index contributed by atoms with van der Waals surface area (Å²) in [4.78, 5) is 2.25. The Morgan fingerprint density at radius 2 is 2.00 bits per heavy atom. The standard InChI is InChI=1S/C7H18N2/c1-7(2)6-9(3)5-4-8/h7H,4-6,8H2,1-3H3. The fourth-order valence-corrected chi connectivity index (χ4v) is 0.935. The molecule has 0 aliphatic carbocycles. The average Bonchev–Trinajstić information content (AvgIpc) is 1.63. The van der Waals surface area contributed by atoms with Gasteiger partial charge in [-0.3, -0.25) is 0 Å². The monoisotopic (exact) mass is 130 g/mol. The topological polar surface area (TPSA) is 29.3 Å². The van der Waals surface area contributed by atoms with Gasteiger partial charge in [0.25, 0.3) is 0 Å². The number of hydrogen-bond acceptors (Lipinski definition) is 2. The lowest BCUT2D eigenvalue weighted by molar-refractivity contribution is 0.303. The van der Waals surface area contributed by atoms with E-state index in [0.717, 1.165) is 25.6 Å². The first-order valence-corrected chi connectivity index (χ1v) is 3.55. The van der Waals surface area contributed by atoms with Crippen molar-refractivity contribution in [2.24, 2.45) is 11.7 Å². The van der Waals surface area contributed by atoms with Crippen molar-refractivity contribution in [1.29, 1.82) is 0 Å². The van der Waals surface area contributed by atoms with Crippen LogP contribution in [0.4, 0.5) is 0 Å². The zero-order valence-electron chi connectivity index (χ0n) is 6.72. The van der Waals surface area contributed by atoms with Crippen molar-refractivity contribution in [3.05, 3.63) is 0 Å². The molecule has 0 fully saturated rings. The van der Waals surface area contributed by atoms with Crippen LogP contribution >= 0.6 is 0 Å². The SMILES string of the molecule is CC(C)CN(C)CCN. The summed E-state index contributed by atoms with van der Waals surface area (Å²) in [5.41, 5.74) is 5.36. The summed E-state index contributed by atoms with van der Waals surface area (Å²) >= 11 is 0. The van der Waals surface area contributed by atoms with Crippen molar-refractivity contribution in [2.45, 2.75) is 13.8 Å². The number of nitrogens with two attached hydrogens (primary N) is 1. The van der Waals surface area contributed by atoms with Gasteiger partial charge < -0.3 is 10.6 Å². The van der Waals surface area contributed by atoms with Crippen molar-refractivity contribution in [3.8, 4) is 0 Å². The van der Waals surface area contributed by atoms with Crippen LogP contribution in [0, 0.1) is 5.92 Å². The second-order valence-electron chi connectivity index (χ2n) is 2.94. The van der Waals surface area contributed by atoms with Crippen LogP contribution in [0.1, 0.15) is 13.8 Å². The second-order valence-corrected chi connectivity index (χ2v) is 2.94. The Balaban J connectivity index is 3.15. The maximum Gasteiger partial charge on any atom is 0.0102 e. The molecule has 0 heterocycles. The predicted octanol–water partition coefficient (Wildman–Crippen LogP) is 0.533. The van der Waals surface area contributed by atoms with E-state index in [0.29, 0.717) is 0 Å². The minimum atomic E-state index is 0.751. The molecule has 0 aromatic heterocycles. The van der Waals surface area contributed by atoms with Gasteiger partial charge in [-0.2, -0.15) is 0 Å². The summed E-state index contributed by atoms with van der Waals surface area (Å²) in [7, 11) is 2.10. The Hall–Kier alpha value is -0.0800. The summed E-state index contributed by atoms with van der Waals surface area (Å²) in [6.07, 6.45) is 0. The first-order valence-electron chi connectivity index (χ1n) is 3.55. The molecule has 0 radical (unpaired) electrons. The van der Waals surface area contributed by atoms with Crippen LogP contribution in [-0.4, -0.2) is 31.6 Å². The Morgan fingerprint density at radius 1 is 1.44 bits per heavy atom. The zero-order chi connectivity index (χ0) is 7.28. The van der Waals surface area contributed by atoms with Gasteiger partial charge in [0, 0.05) is 19.6 Å². The van der Waals surface area contributed by atoms with Gasteiger partial charge >= 0.3 is 0 Å². The molecule has 0 atom stereocenters. The van der Waals surface area contributed by atoms with E-state index in [2.05, 4.69) is 25.8 Å². The molecular formula is C7H18N2. The van der Waals surface area contributed by atoms with E-state index < -0.39 is 0 Å². The van der Waals surface area contributed by atoms with Crippen LogP contribution in [0.15, 0.2) is 0 Å². The highest BCUT2D eigenvalue weighted by molar-refractivity contribution is 4.53. The van der Waals surface area contributed by atoms with Crippen molar-refractivity contribution >= 4 is 0 Å². The Kier molecular flexibility index (Phi) is 4.72. The molecule has 0 saturated heterocycles. The van der Waals surface area contributed by atoms with Crippen LogP contribution < -0.4 is 5.73 Å². The number of hydrogen-bond donors (Lipinski definition) is 1. The fraction of sp³-hybridized carbons (Fsp3) is 1.00. The molecule has 0 saturated carbocycles. The lowest BCUT2D eigenvalue weighted by Crippen LogP contribution is -2.28. The van der Waals surface area contributed by atoms with Crippen LogP contribution in [0.5, 0.6) is 0 Å². The largest absolute Gasteiger partial charge is 0.329 e. The first kappa shape index (κ1) is 8.92. The van der Waals surface area contributed by atoms with Crippen LogP contribution in [0.2, 0.25) is 0 Å². The Morgan fingerprint density at radius 3 is 2.33 bits per heavy atom. The van der Waals surface area contributed by atoms with E-state index in [4.69, 9.17) is 5.73 Å². The molecule has 0 aliphatic heterocycles. The molecule has 0 aromatic carbocycles. The van der Waals surface area contributed by atoms with Crippen molar-refractivity contribution < 1.29 is 0 Å². The third-order valence-corrected chi connectivity index (χ3v) is 1.19. The number of likely N-dealkylation sites (N-methyl/N-ethyl adjacent to an activating group) is 1. The lowest BCUT2D eigenvalue weighted by Gasteiger charge is -2.17. The van der Waals surface area contributed by atoms with Crippen molar-refractivity contribution in [2.75, 3.05) is 26.7 Å². The van der Waals surface area contributed by atoms with Gasteiger partial charge in [0.05, 0.1) is 0 Å².